The fraction of sp³-hybridized carbons (Fsp3) is 0.933. The van der Waals surface area contributed by atoms with Gasteiger partial charge in [-0.15, -0.1) is 0 Å². The van der Waals surface area contributed by atoms with E-state index >= 15 is 0 Å². The van der Waals surface area contributed by atoms with Gasteiger partial charge in [0.25, 0.3) is 0 Å². The Hall–Kier alpha value is -0.630. The van der Waals surface area contributed by atoms with Crippen LogP contribution in [-0.4, -0.2) is 48.3 Å². The van der Waals surface area contributed by atoms with Crippen molar-refractivity contribution in [1.82, 2.24) is 10.2 Å². The van der Waals surface area contributed by atoms with Gasteiger partial charge in [-0.3, -0.25) is 10.2 Å². The topological polar surface area (TPSA) is 48.3 Å². The molecule has 4 atom stereocenters. The number of morpholine rings is 1. The molecule has 1 saturated heterocycles. The predicted molar refractivity (Wildman–Crippen MR) is 75.9 cm³/mol. The number of hydrogen-bond acceptors (Lipinski definition) is 4. The van der Waals surface area contributed by atoms with Gasteiger partial charge in [-0.25, -0.2) is 0 Å². The lowest BCUT2D eigenvalue weighted by molar-refractivity contribution is -0.0866. The lowest BCUT2D eigenvalue weighted by atomic mass is 9.79. The second kappa shape index (κ2) is 6.21. The summed E-state index contributed by atoms with van der Waals surface area (Å²) in [6.45, 7) is 9.25. The van der Waals surface area contributed by atoms with Gasteiger partial charge in [-0.2, -0.15) is 5.26 Å². The molecular weight excluding hydrogens is 238 g/mol. The molecule has 0 bridgehead atoms. The highest BCUT2D eigenvalue weighted by atomic mass is 16.5. The minimum Gasteiger partial charge on any atom is -0.373 e. The van der Waals surface area contributed by atoms with E-state index in [4.69, 9.17) is 4.74 Å². The molecule has 0 spiro atoms. The van der Waals surface area contributed by atoms with E-state index in [0.29, 0.717) is 18.2 Å². The van der Waals surface area contributed by atoms with E-state index in [1.807, 2.05) is 0 Å². The molecule has 1 aliphatic heterocycles. The molecule has 0 radical (unpaired) electrons. The fourth-order valence-electron chi connectivity index (χ4n) is 3.71. The third-order valence-corrected chi connectivity index (χ3v) is 4.42. The third-order valence-electron chi connectivity index (χ3n) is 4.42. The highest BCUT2D eigenvalue weighted by molar-refractivity contribution is 5.11. The van der Waals surface area contributed by atoms with Crippen LogP contribution in [-0.2, 0) is 4.74 Å². The lowest BCUT2D eigenvalue weighted by Gasteiger charge is -2.45. The highest BCUT2D eigenvalue weighted by Gasteiger charge is 2.39. The predicted octanol–water partition coefficient (Wildman–Crippen LogP) is 1.91. The maximum atomic E-state index is 9.54. The summed E-state index contributed by atoms with van der Waals surface area (Å²) in [5, 5.41) is 13.0. The molecule has 2 aliphatic rings. The Morgan fingerprint density at radius 3 is 2.63 bits per heavy atom. The van der Waals surface area contributed by atoms with Crippen molar-refractivity contribution in [3.63, 3.8) is 0 Å². The monoisotopic (exact) mass is 265 g/mol. The Morgan fingerprint density at radius 2 is 2.05 bits per heavy atom. The molecule has 2 rings (SSSR count). The average Bonchev–Trinajstić information content (AvgIpc) is 2.38. The van der Waals surface area contributed by atoms with Crippen LogP contribution >= 0.6 is 0 Å². The maximum absolute atomic E-state index is 9.54. The molecule has 0 aromatic heterocycles. The van der Waals surface area contributed by atoms with Gasteiger partial charge in [0.2, 0.25) is 0 Å². The van der Waals surface area contributed by atoms with Crippen molar-refractivity contribution in [2.24, 2.45) is 0 Å². The summed E-state index contributed by atoms with van der Waals surface area (Å²) in [5.41, 5.74) is -0.303. The van der Waals surface area contributed by atoms with E-state index < -0.39 is 0 Å². The van der Waals surface area contributed by atoms with Gasteiger partial charge in [-0.05, 0) is 46.1 Å². The zero-order chi connectivity index (χ0) is 13.9. The minimum atomic E-state index is -0.303. The summed E-state index contributed by atoms with van der Waals surface area (Å²) in [5.74, 6) is 0. The van der Waals surface area contributed by atoms with Crippen LogP contribution in [0.3, 0.4) is 0 Å². The molecule has 1 aliphatic carbocycles. The fourth-order valence-corrected chi connectivity index (χ4v) is 3.71. The molecule has 0 aromatic carbocycles. The number of rotatable bonds is 3. The first-order valence-corrected chi connectivity index (χ1v) is 7.64. The molecular formula is C15H27N3O. The number of nitriles is 1. The van der Waals surface area contributed by atoms with E-state index in [1.54, 1.807) is 0 Å². The standard InChI is InChI=1S/C15H27N3O/c1-4-17-15(11-16)7-5-6-14(8-15)18-9-12(2)19-13(3)10-18/h12-14,17H,4-10H2,1-3H3/t12-,13+,14?,15?. The van der Waals surface area contributed by atoms with E-state index in [1.165, 1.54) is 6.42 Å². The van der Waals surface area contributed by atoms with Crippen LogP contribution in [0.5, 0.6) is 0 Å². The maximum Gasteiger partial charge on any atom is 0.108 e. The summed E-state index contributed by atoms with van der Waals surface area (Å²) in [6, 6.07) is 3.07. The Labute approximate surface area is 117 Å². The summed E-state index contributed by atoms with van der Waals surface area (Å²) in [4.78, 5) is 2.54. The van der Waals surface area contributed by atoms with Gasteiger partial charge in [0.15, 0.2) is 0 Å². The molecule has 1 N–H and O–H groups in total. The van der Waals surface area contributed by atoms with Gasteiger partial charge < -0.3 is 4.74 Å². The molecule has 4 nitrogen and oxygen atoms in total. The Kier molecular flexibility index (Phi) is 4.83. The van der Waals surface area contributed by atoms with Crippen molar-refractivity contribution in [3.8, 4) is 6.07 Å². The summed E-state index contributed by atoms with van der Waals surface area (Å²) in [7, 11) is 0. The first-order chi connectivity index (χ1) is 9.08. The molecule has 2 fully saturated rings. The van der Waals surface area contributed by atoms with Crippen molar-refractivity contribution in [2.45, 2.75) is 70.2 Å². The van der Waals surface area contributed by atoms with Gasteiger partial charge in [-0.1, -0.05) is 6.92 Å². The zero-order valence-electron chi connectivity index (χ0n) is 12.5. The van der Waals surface area contributed by atoms with Crippen molar-refractivity contribution >= 4 is 0 Å². The van der Waals surface area contributed by atoms with E-state index in [-0.39, 0.29) is 5.54 Å². The highest BCUT2D eigenvalue weighted by Crippen LogP contribution is 2.32. The Morgan fingerprint density at radius 1 is 1.37 bits per heavy atom. The normalized spacial score (nSPS) is 40.8. The van der Waals surface area contributed by atoms with Gasteiger partial charge in [0.05, 0.1) is 18.3 Å². The van der Waals surface area contributed by atoms with Crippen molar-refractivity contribution in [2.75, 3.05) is 19.6 Å². The van der Waals surface area contributed by atoms with E-state index in [9.17, 15) is 5.26 Å². The molecule has 108 valence electrons. The van der Waals surface area contributed by atoms with Gasteiger partial charge in [0, 0.05) is 19.1 Å². The molecule has 0 amide bonds. The average molecular weight is 265 g/mol. The van der Waals surface area contributed by atoms with Crippen LogP contribution in [0.1, 0.15) is 46.5 Å². The van der Waals surface area contributed by atoms with Crippen LogP contribution in [0.25, 0.3) is 0 Å². The van der Waals surface area contributed by atoms with E-state index in [0.717, 1.165) is 38.9 Å². The molecule has 1 saturated carbocycles. The van der Waals surface area contributed by atoms with Crippen LogP contribution in [0.15, 0.2) is 0 Å². The number of nitrogens with zero attached hydrogens (tertiary/aromatic N) is 2. The smallest absolute Gasteiger partial charge is 0.108 e. The molecule has 4 heteroatoms. The van der Waals surface area contributed by atoms with Crippen LogP contribution in [0, 0.1) is 11.3 Å². The van der Waals surface area contributed by atoms with Crippen LogP contribution in [0.2, 0.25) is 0 Å². The Balaban J connectivity index is 2.02. The van der Waals surface area contributed by atoms with Crippen molar-refractivity contribution in [1.29, 1.82) is 5.26 Å². The SMILES string of the molecule is CCNC1(C#N)CCCC(N2C[C@@H](C)O[C@@H](C)C2)C1. The minimum absolute atomic E-state index is 0.303. The number of nitrogens with one attached hydrogen (secondary N) is 1. The lowest BCUT2D eigenvalue weighted by Crippen LogP contribution is -2.56. The summed E-state index contributed by atoms with van der Waals surface area (Å²) in [6.07, 6.45) is 4.92. The largest absolute Gasteiger partial charge is 0.373 e. The van der Waals surface area contributed by atoms with Crippen LogP contribution in [0.4, 0.5) is 0 Å². The summed E-state index contributed by atoms with van der Waals surface area (Å²) >= 11 is 0. The van der Waals surface area contributed by atoms with Crippen LogP contribution < -0.4 is 5.32 Å². The van der Waals surface area contributed by atoms with Gasteiger partial charge >= 0.3 is 0 Å². The molecule has 1 heterocycles. The van der Waals surface area contributed by atoms with Gasteiger partial charge in [0.1, 0.15) is 5.54 Å². The second-order valence-electron chi connectivity index (χ2n) is 6.19. The van der Waals surface area contributed by atoms with Crippen molar-refractivity contribution in [3.05, 3.63) is 0 Å². The summed E-state index contributed by atoms with van der Waals surface area (Å²) < 4.78 is 5.81. The number of ether oxygens (including phenoxy) is 1. The Bertz CT molecular complexity index is 327. The molecule has 2 unspecified atom stereocenters. The molecule has 0 aromatic rings. The quantitative estimate of drug-likeness (QED) is 0.847. The first kappa shape index (κ1) is 14.8. The first-order valence-electron chi connectivity index (χ1n) is 7.64. The number of hydrogen-bond donors (Lipinski definition) is 1. The molecule has 19 heavy (non-hydrogen) atoms. The van der Waals surface area contributed by atoms with Crippen molar-refractivity contribution < 1.29 is 4.74 Å². The zero-order valence-corrected chi connectivity index (χ0v) is 12.5. The third kappa shape index (κ3) is 3.47. The van der Waals surface area contributed by atoms with E-state index in [2.05, 4.69) is 37.1 Å². The second-order valence-corrected chi connectivity index (χ2v) is 6.19.